The first-order valence-corrected chi connectivity index (χ1v) is 17.8. The number of hydrogen-bond donors (Lipinski definition) is 1. The Hall–Kier alpha value is -5.12. The van der Waals surface area contributed by atoms with Gasteiger partial charge in [-0.25, -0.2) is 8.42 Å². The maximum absolute atomic E-state index is 14.6. The van der Waals surface area contributed by atoms with E-state index in [-0.39, 0.29) is 29.5 Å². The Bertz CT molecular complexity index is 1930. The molecule has 0 saturated heterocycles. The van der Waals surface area contributed by atoms with Crippen LogP contribution in [0.25, 0.3) is 0 Å². The lowest BCUT2D eigenvalue weighted by Crippen LogP contribution is -2.53. The third-order valence-electron chi connectivity index (χ3n) is 7.78. The van der Waals surface area contributed by atoms with E-state index >= 15 is 0 Å². The number of halogens is 1. The molecule has 0 aliphatic carbocycles. The van der Waals surface area contributed by atoms with Gasteiger partial charge in [-0.15, -0.1) is 0 Å². The zero-order valence-electron chi connectivity index (χ0n) is 27.1. The van der Waals surface area contributed by atoms with Gasteiger partial charge in [-0.1, -0.05) is 97.4 Å². The van der Waals surface area contributed by atoms with Crippen molar-refractivity contribution in [2.24, 2.45) is 0 Å². The van der Waals surface area contributed by atoms with Gasteiger partial charge in [-0.2, -0.15) is 0 Å². The number of carbonyl (C=O) groups is 2. The van der Waals surface area contributed by atoms with E-state index < -0.39 is 28.5 Å². The Morgan fingerprint density at radius 3 is 1.98 bits per heavy atom. The highest BCUT2D eigenvalue weighted by Gasteiger charge is 2.34. The summed E-state index contributed by atoms with van der Waals surface area (Å²) in [4.78, 5) is 29.9. The number of hydrogen-bond acceptors (Lipinski definition) is 5. The molecule has 0 aliphatic heterocycles. The van der Waals surface area contributed by atoms with E-state index in [1.54, 1.807) is 60.7 Å². The zero-order chi connectivity index (χ0) is 34.6. The molecular formula is C39H38ClN3O5S. The van der Waals surface area contributed by atoms with E-state index in [2.05, 4.69) is 5.32 Å². The number of nitrogens with one attached hydrogen (secondary N) is 1. The summed E-state index contributed by atoms with van der Waals surface area (Å²) in [5.74, 6) is 0.232. The molecule has 252 valence electrons. The molecule has 0 aromatic heterocycles. The summed E-state index contributed by atoms with van der Waals surface area (Å²) in [5, 5.41) is 3.43. The second kappa shape index (κ2) is 16.8. The summed E-state index contributed by atoms with van der Waals surface area (Å²) in [7, 11) is -4.23. The minimum atomic E-state index is -4.23. The predicted octanol–water partition coefficient (Wildman–Crippen LogP) is 7.49. The number of rotatable bonds is 15. The van der Waals surface area contributed by atoms with E-state index in [4.69, 9.17) is 16.3 Å². The van der Waals surface area contributed by atoms with Gasteiger partial charge in [-0.05, 0) is 78.2 Å². The summed E-state index contributed by atoms with van der Waals surface area (Å²) in [6.45, 7) is 1.83. The van der Waals surface area contributed by atoms with E-state index in [1.165, 1.54) is 17.0 Å². The predicted molar refractivity (Wildman–Crippen MR) is 193 cm³/mol. The maximum Gasteiger partial charge on any atom is 0.264 e. The molecule has 0 unspecified atom stereocenters. The fraction of sp³-hybridized carbons (Fsp3) is 0.179. The number of benzene rings is 5. The first-order valence-electron chi connectivity index (χ1n) is 16.0. The van der Waals surface area contributed by atoms with Crippen molar-refractivity contribution in [2.45, 2.75) is 37.2 Å². The Kier molecular flexibility index (Phi) is 12.1. The van der Waals surface area contributed by atoms with E-state index in [9.17, 15) is 18.0 Å². The van der Waals surface area contributed by atoms with Crippen molar-refractivity contribution < 1.29 is 22.7 Å². The van der Waals surface area contributed by atoms with Crippen molar-refractivity contribution in [1.29, 1.82) is 0 Å². The van der Waals surface area contributed by atoms with Gasteiger partial charge >= 0.3 is 0 Å². The standard InChI is InChI=1S/C39H38ClN3O5S/c1-2-25-41-39(45)37(27-30-13-6-3-7-14-30)42(28-31-15-12-16-32(40)26-31)38(44)29-43(49(46,47)36-19-10-5-11-20-36)33-21-23-35(24-22-33)48-34-17-8-4-9-18-34/h3-24,26,37H,2,25,27-29H2,1H3,(H,41,45)/t37-/m1/s1. The van der Waals surface area contributed by atoms with Crippen LogP contribution in [0.5, 0.6) is 11.5 Å². The van der Waals surface area contributed by atoms with Gasteiger partial charge in [0.25, 0.3) is 10.0 Å². The average molecular weight is 696 g/mol. The smallest absolute Gasteiger partial charge is 0.264 e. The third kappa shape index (κ3) is 9.49. The molecule has 0 saturated carbocycles. The van der Waals surface area contributed by atoms with Crippen LogP contribution >= 0.6 is 11.6 Å². The first-order chi connectivity index (χ1) is 23.7. The van der Waals surface area contributed by atoms with Crippen LogP contribution in [-0.2, 0) is 32.6 Å². The number of nitrogens with zero attached hydrogens (tertiary/aromatic N) is 2. The number of ether oxygens (including phenoxy) is 1. The molecule has 0 heterocycles. The lowest BCUT2D eigenvalue weighted by atomic mass is 10.0. The second-order valence-corrected chi connectivity index (χ2v) is 13.7. The molecule has 1 N–H and O–H groups in total. The molecule has 8 nitrogen and oxygen atoms in total. The monoisotopic (exact) mass is 695 g/mol. The van der Waals surface area contributed by atoms with E-state index in [0.717, 1.165) is 9.87 Å². The maximum atomic E-state index is 14.6. The lowest BCUT2D eigenvalue weighted by Gasteiger charge is -2.34. The highest BCUT2D eigenvalue weighted by molar-refractivity contribution is 7.92. The van der Waals surface area contributed by atoms with Crippen LogP contribution in [-0.4, -0.2) is 44.3 Å². The molecule has 0 bridgehead atoms. The highest BCUT2D eigenvalue weighted by atomic mass is 35.5. The number of sulfonamides is 1. The van der Waals surface area contributed by atoms with Crippen molar-refractivity contribution in [3.8, 4) is 11.5 Å². The summed E-state index contributed by atoms with van der Waals surface area (Å²) in [6.07, 6.45) is 0.929. The number of anilines is 1. The van der Waals surface area contributed by atoms with Crippen LogP contribution in [0.4, 0.5) is 5.69 Å². The van der Waals surface area contributed by atoms with Gasteiger partial charge in [0.2, 0.25) is 11.8 Å². The Balaban J connectivity index is 1.54. The molecule has 0 radical (unpaired) electrons. The van der Waals surface area contributed by atoms with Crippen molar-refractivity contribution >= 4 is 39.1 Å². The number of amides is 2. The van der Waals surface area contributed by atoms with Gasteiger partial charge in [0.1, 0.15) is 24.1 Å². The molecule has 49 heavy (non-hydrogen) atoms. The third-order valence-corrected chi connectivity index (χ3v) is 9.80. The van der Waals surface area contributed by atoms with Crippen molar-refractivity contribution in [1.82, 2.24) is 10.2 Å². The number of carbonyl (C=O) groups excluding carboxylic acids is 2. The molecule has 5 aromatic carbocycles. The highest BCUT2D eigenvalue weighted by Crippen LogP contribution is 2.29. The minimum Gasteiger partial charge on any atom is -0.457 e. The Morgan fingerprint density at radius 2 is 1.35 bits per heavy atom. The van der Waals surface area contributed by atoms with Gasteiger partial charge in [0.05, 0.1) is 10.6 Å². The van der Waals surface area contributed by atoms with Gasteiger partial charge < -0.3 is 15.0 Å². The Morgan fingerprint density at radius 1 is 0.755 bits per heavy atom. The van der Waals surface area contributed by atoms with E-state index in [1.807, 2.05) is 73.7 Å². The van der Waals surface area contributed by atoms with Crippen molar-refractivity contribution in [3.05, 3.63) is 156 Å². The first kappa shape index (κ1) is 35.2. The lowest BCUT2D eigenvalue weighted by molar-refractivity contribution is -0.140. The average Bonchev–Trinajstić information content (AvgIpc) is 3.12. The Labute approximate surface area is 293 Å². The second-order valence-electron chi connectivity index (χ2n) is 11.4. The molecule has 1 atom stereocenters. The molecular weight excluding hydrogens is 658 g/mol. The van der Waals surface area contributed by atoms with E-state index in [0.29, 0.717) is 35.1 Å². The van der Waals surface area contributed by atoms with Crippen LogP contribution in [0, 0.1) is 0 Å². The van der Waals surface area contributed by atoms with Gasteiger partial charge in [0, 0.05) is 24.5 Å². The van der Waals surface area contributed by atoms with Crippen LogP contribution in [0.1, 0.15) is 24.5 Å². The van der Waals surface area contributed by atoms with Crippen LogP contribution in [0.3, 0.4) is 0 Å². The molecule has 5 rings (SSSR count). The van der Waals surface area contributed by atoms with Crippen LogP contribution in [0.2, 0.25) is 5.02 Å². The molecule has 5 aromatic rings. The van der Waals surface area contributed by atoms with Gasteiger partial charge in [0.15, 0.2) is 0 Å². The van der Waals surface area contributed by atoms with Crippen molar-refractivity contribution in [3.63, 3.8) is 0 Å². The normalized spacial score (nSPS) is 11.7. The largest absolute Gasteiger partial charge is 0.457 e. The van der Waals surface area contributed by atoms with Gasteiger partial charge in [-0.3, -0.25) is 13.9 Å². The molecule has 10 heteroatoms. The van der Waals surface area contributed by atoms with Crippen LogP contribution < -0.4 is 14.4 Å². The summed E-state index contributed by atoms with van der Waals surface area (Å²) in [6, 6.07) is 39.2. The fourth-order valence-electron chi connectivity index (χ4n) is 5.31. The van der Waals surface area contributed by atoms with Crippen molar-refractivity contribution in [2.75, 3.05) is 17.4 Å². The summed E-state index contributed by atoms with van der Waals surface area (Å²) < 4.78 is 35.5. The quantitative estimate of drug-likeness (QED) is 0.122. The summed E-state index contributed by atoms with van der Waals surface area (Å²) in [5.41, 5.74) is 1.81. The molecule has 0 aliphatic rings. The molecule has 0 fully saturated rings. The SMILES string of the molecule is CCCNC(=O)[C@@H](Cc1ccccc1)N(Cc1cccc(Cl)c1)C(=O)CN(c1ccc(Oc2ccccc2)cc1)S(=O)(=O)c1ccccc1. The minimum absolute atomic E-state index is 0.0235. The fourth-order valence-corrected chi connectivity index (χ4v) is 6.95. The number of para-hydroxylation sites is 1. The van der Waals surface area contributed by atoms with Crippen LogP contribution in [0.15, 0.2) is 144 Å². The molecule has 0 spiro atoms. The molecule has 2 amide bonds. The summed E-state index contributed by atoms with van der Waals surface area (Å²) >= 11 is 6.32. The zero-order valence-corrected chi connectivity index (χ0v) is 28.7. The topological polar surface area (TPSA) is 96.0 Å².